The van der Waals surface area contributed by atoms with Crippen LogP contribution in [0.1, 0.15) is 37.6 Å². The van der Waals surface area contributed by atoms with E-state index < -0.39 is 0 Å². The molecule has 1 saturated heterocycles. The Balaban J connectivity index is 0.00000242. The molecule has 2 unspecified atom stereocenters. The van der Waals surface area contributed by atoms with Crippen LogP contribution in [0.3, 0.4) is 0 Å². The van der Waals surface area contributed by atoms with E-state index in [1.807, 2.05) is 24.3 Å². The molecule has 1 aromatic carbocycles. The van der Waals surface area contributed by atoms with Crippen LogP contribution in [-0.2, 0) is 4.74 Å². The summed E-state index contributed by atoms with van der Waals surface area (Å²) in [5, 5.41) is 0. The third-order valence-electron chi connectivity index (χ3n) is 3.64. The smallest absolute Gasteiger partial charge is 0.159 e. The molecule has 1 fully saturated rings. The van der Waals surface area contributed by atoms with E-state index in [4.69, 9.17) is 9.47 Å². The molecule has 4 nitrogen and oxygen atoms in total. The second kappa shape index (κ2) is 9.13. The highest BCUT2D eigenvalue weighted by molar-refractivity contribution is 5.94. The lowest BCUT2D eigenvalue weighted by molar-refractivity contribution is -0.0686. The number of morpholine rings is 1. The van der Waals surface area contributed by atoms with Crippen molar-refractivity contribution in [1.82, 2.24) is 4.90 Å². The van der Waals surface area contributed by atoms with E-state index in [2.05, 4.69) is 18.7 Å². The van der Waals surface area contributed by atoms with Gasteiger partial charge in [-0.15, -0.1) is 12.4 Å². The van der Waals surface area contributed by atoms with Crippen molar-refractivity contribution in [2.45, 2.75) is 39.4 Å². The van der Waals surface area contributed by atoms with E-state index in [1.54, 1.807) is 6.92 Å². The Kier molecular flexibility index (Phi) is 7.87. The monoisotopic (exact) mass is 327 g/mol. The molecule has 1 heterocycles. The van der Waals surface area contributed by atoms with Crippen molar-refractivity contribution in [1.29, 1.82) is 0 Å². The van der Waals surface area contributed by atoms with Crippen LogP contribution in [0.5, 0.6) is 5.75 Å². The van der Waals surface area contributed by atoms with Gasteiger partial charge in [-0.3, -0.25) is 9.69 Å². The Morgan fingerprint density at radius 1 is 1.23 bits per heavy atom. The SMILES string of the molecule is CC(=O)c1ccc(OCCCN2CC(C)OC(C)C2)cc1.Cl. The summed E-state index contributed by atoms with van der Waals surface area (Å²) >= 11 is 0. The van der Waals surface area contributed by atoms with E-state index in [1.165, 1.54) is 0 Å². The molecule has 0 amide bonds. The number of carbonyl (C=O) groups excluding carboxylic acids is 1. The van der Waals surface area contributed by atoms with Gasteiger partial charge in [-0.25, -0.2) is 0 Å². The van der Waals surface area contributed by atoms with Crippen LogP contribution in [0.4, 0.5) is 0 Å². The van der Waals surface area contributed by atoms with Crippen LogP contribution in [0.15, 0.2) is 24.3 Å². The molecule has 22 heavy (non-hydrogen) atoms. The number of hydrogen-bond donors (Lipinski definition) is 0. The fourth-order valence-corrected chi connectivity index (χ4v) is 2.73. The normalized spacial score (nSPS) is 22.0. The number of carbonyl (C=O) groups is 1. The Bertz CT molecular complexity index is 453. The van der Waals surface area contributed by atoms with Crippen molar-refractivity contribution in [3.05, 3.63) is 29.8 Å². The average molecular weight is 328 g/mol. The second-order valence-electron chi connectivity index (χ2n) is 5.80. The number of ketones is 1. The lowest BCUT2D eigenvalue weighted by Crippen LogP contribution is -2.45. The first-order valence-corrected chi connectivity index (χ1v) is 7.66. The zero-order valence-corrected chi connectivity index (χ0v) is 14.4. The minimum Gasteiger partial charge on any atom is -0.494 e. The maximum absolute atomic E-state index is 11.2. The van der Waals surface area contributed by atoms with Gasteiger partial charge in [-0.1, -0.05) is 0 Å². The lowest BCUT2D eigenvalue weighted by Gasteiger charge is -2.35. The zero-order chi connectivity index (χ0) is 15.2. The fourth-order valence-electron chi connectivity index (χ4n) is 2.73. The summed E-state index contributed by atoms with van der Waals surface area (Å²) in [5.74, 6) is 0.904. The first-order valence-electron chi connectivity index (χ1n) is 7.66. The molecule has 2 atom stereocenters. The molecular weight excluding hydrogens is 302 g/mol. The van der Waals surface area contributed by atoms with Crippen molar-refractivity contribution in [2.75, 3.05) is 26.2 Å². The van der Waals surface area contributed by atoms with E-state index in [0.717, 1.165) is 37.4 Å². The van der Waals surface area contributed by atoms with Crippen LogP contribution < -0.4 is 4.74 Å². The average Bonchev–Trinajstić information content (AvgIpc) is 2.43. The van der Waals surface area contributed by atoms with Crippen LogP contribution in [0.25, 0.3) is 0 Å². The molecule has 2 rings (SSSR count). The standard InChI is InChI=1S/C17H25NO3.ClH/c1-13-11-18(12-14(2)21-13)9-4-10-20-17-7-5-16(6-8-17)15(3)19;/h5-8,13-14H,4,9-12H2,1-3H3;1H. The molecule has 0 saturated carbocycles. The number of Topliss-reactive ketones (excluding diaryl/α,β-unsaturated/α-hetero) is 1. The molecule has 1 aliphatic rings. The number of nitrogens with zero attached hydrogens (tertiary/aromatic N) is 1. The fraction of sp³-hybridized carbons (Fsp3) is 0.588. The molecule has 5 heteroatoms. The molecule has 0 aromatic heterocycles. The van der Waals surface area contributed by atoms with Crippen LogP contribution in [0.2, 0.25) is 0 Å². The van der Waals surface area contributed by atoms with Crippen molar-refractivity contribution in [3.63, 3.8) is 0 Å². The minimum absolute atomic E-state index is 0. The Morgan fingerprint density at radius 2 is 1.82 bits per heavy atom. The van der Waals surface area contributed by atoms with E-state index in [9.17, 15) is 4.79 Å². The third kappa shape index (κ3) is 5.95. The van der Waals surface area contributed by atoms with Crippen molar-refractivity contribution in [3.8, 4) is 5.75 Å². The highest BCUT2D eigenvalue weighted by atomic mass is 35.5. The van der Waals surface area contributed by atoms with Gasteiger partial charge in [0.25, 0.3) is 0 Å². The minimum atomic E-state index is 0. The van der Waals surface area contributed by atoms with E-state index in [0.29, 0.717) is 18.8 Å². The highest BCUT2D eigenvalue weighted by Gasteiger charge is 2.21. The lowest BCUT2D eigenvalue weighted by atomic mass is 10.1. The van der Waals surface area contributed by atoms with Gasteiger partial charge in [0, 0.05) is 25.2 Å². The van der Waals surface area contributed by atoms with Gasteiger partial charge in [0.05, 0.1) is 18.8 Å². The summed E-state index contributed by atoms with van der Waals surface area (Å²) in [7, 11) is 0. The van der Waals surface area contributed by atoms with Gasteiger partial charge in [0.15, 0.2) is 5.78 Å². The quantitative estimate of drug-likeness (QED) is 0.594. The summed E-state index contributed by atoms with van der Waals surface area (Å²) in [6.07, 6.45) is 1.62. The van der Waals surface area contributed by atoms with Gasteiger partial charge in [-0.2, -0.15) is 0 Å². The number of benzene rings is 1. The first kappa shape index (κ1) is 18.9. The molecule has 0 N–H and O–H groups in total. The summed E-state index contributed by atoms with van der Waals surface area (Å²) in [5.41, 5.74) is 0.721. The van der Waals surface area contributed by atoms with Crippen molar-refractivity contribution < 1.29 is 14.3 Å². The topological polar surface area (TPSA) is 38.8 Å². The van der Waals surface area contributed by atoms with E-state index in [-0.39, 0.29) is 18.2 Å². The zero-order valence-electron chi connectivity index (χ0n) is 13.6. The molecule has 1 aromatic rings. The second-order valence-corrected chi connectivity index (χ2v) is 5.80. The summed E-state index contributed by atoms with van der Waals surface area (Å²) < 4.78 is 11.4. The highest BCUT2D eigenvalue weighted by Crippen LogP contribution is 2.14. The Morgan fingerprint density at radius 3 is 2.36 bits per heavy atom. The van der Waals surface area contributed by atoms with Crippen molar-refractivity contribution >= 4 is 18.2 Å². The number of ether oxygens (including phenoxy) is 2. The van der Waals surface area contributed by atoms with Gasteiger partial charge in [-0.05, 0) is 51.5 Å². The number of hydrogen-bond acceptors (Lipinski definition) is 4. The predicted molar refractivity (Wildman–Crippen MR) is 90.3 cm³/mol. The molecule has 1 aliphatic heterocycles. The predicted octanol–water partition coefficient (Wildman–Crippen LogP) is 3.19. The van der Waals surface area contributed by atoms with Gasteiger partial charge in [0.2, 0.25) is 0 Å². The van der Waals surface area contributed by atoms with E-state index >= 15 is 0 Å². The molecule has 0 spiro atoms. The number of halogens is 1. The Hall–Kier alpha value is -1.10. The third-order valence-corrected chi connectivity index (χ3v) is 3.64. The van der Waals surface area contributed by atoms with Crippen LogP contribution in [-0.4, -0.2) is 49.1 Å². The van der Waals surface area contributed by atoms with Gasteiger partial charge >= 0.3 is 0 Å². The largest absolute Gasteiger partial charge is 0.494 e. The summed E-state index contributed by atoms with van der Waals surface area (Å²) in [6.45, 7) is 9.53. The van der Waals surface area contributed by atoms with Crippen molar-refractivity contribution in [2.24, 2.45) is 0 Å². The molecular formula is C17H26ClNO3. The number of rotatable bonds is 6. The molecule has 0 radical (unpaired) electrons. The molecule has 0 aliphatic carbocycles. The maximum atomic E-state index is 11.2. The van der Waals surface area contributed by atoms with Crippen LogP contribution >= 0.6 is 12.4 Å². The van der Waals surface area contributed by atoms with Crippen LogP contribution in [0, 0.1) is 0 Å². The molecule has 124 valence electrons. The summed E-state index contributed by atoms with van der Waals surface area (Å²) in [6, 6.07) is 7.33. The maximum Gasteiger partial charge on any atom is 0.159 e. The van der Waals surface area contributed by atoms with Gasteiger partial charge < -0.3 is 9.47 Å². The molecule has 0 bridgehead atoms. The van der Waals surface area contributed by atoms with Gasteiger partial charge in [0.1, 0.15) is 5.75 Å². The summed E-state index contributed by atoms with van der Waals surface area (Å²) in [4.78, 5) is 13.6. The Labute approximate surface area is 139 Å². The first-order chi connectivity index (χ1) is 10.0.